The van der Waals surface area contributed by atoms with Gasteiger partial charge >= 0.3 is 0 Å². The Hall–Kier alpha value is -1.51. The molecule has 150 valence electrons. The van der Waals surface area contributed by atoms with Gasteiger partial charge in [-0.2, -0.15) is 0 Å². The second-order valence-electron chi connectivity index (χ2n) is 8.25. The lowest BCUT2D eigenvalue weighted by Gasteiger charge is -2.36. The molecule has 0 atom stereocenters. The van der Waals surface area contributed by atoms with Gasteiger partial charge in [0.2, 0.25) is 5.91 Å². The number of nitrogens with zero attached hydrogens (tertiary/aromatic N) is 5. The molecular formula is C19H32N6O2. The first-order valence-electron chi connectivity index (χ1n) is 10.3. The number of nitrogens with two attached hydrogens (primary N) is 1. The molecule has 3 heterocycles. The largest absolute Gasteiger partial charge is 0.383 e. The Morgan fingerprint density at radius 2 is 1.96 bits per heavy atom. The molecule has 3 aliphatic rings. The number of hydrogen-bond donors (Lipinski definition) is 1. The lowest BCUT2D eigenvalue weighted by atomic mass is 9.80. The third-order valence-corrected chi connectivity index (χ3v) is 6.39. The molecule has 0 spiro atoms. The van der Waals surface area contributed by atoms with Crippen molar-refractivity contribution >= 4 is 5.91 Å². The first-order valence-corrected chi connectivity index (χ1v) is 10.3. The summed E-state index contributed by atoms with van der Waals surface area (Å²) < 4.78 is 7.54. The summed E-state index contributed by atoms with van der Waals surface area (Å²) in [5, 5.41) is 9.01. The number of ether oxygens (including phenoxy) is 1. The average molecular weight is 377 g/mol. The minimum absolute atomic E-state index is 0.304. The molecule has 1 saturated carbocycles. The van der Waals surface area contributed by atoms with E-state index in [-0.39, 0.29) is 0 Å². The third kappa shape index (κ3) is 4.02. The lowest BCUT2D eigenvalue weighted by Crippen LogP contribution is -2.45. The van der Waals surface area contributed by atoms with Crippen molar-refractivity contribution < 1.29 is 9.53 Å². The van der Waals surface area contributed by atoms with Crippen LogP contribution in [0.3, 0.4) is 0 Å². The zero-order valence-electron chi connectivity index (χ0n) is 16.3. The molecular weight excluding hydrogens is 344 g/mol. The van der Waals surface area contributed by atoms with E-state index in [9.17, 15) is 4.79 Å². The topological polar surface area (TPSA) is 89.5 Å². The molecule has 8 nitrogen and oxygen atoms in total. The zero-order chi connectivity index (χ0) is 18.8. The number of carbonyl (C=O) groups excluding carboxylic acids is 1. The summed E-state index contributed by atoms with van der Waals surface area (Å²) in [6.45, 7) is 5.23. The normalized spacial score (nSPS) is 27.3. The van der Waals surface area contributed by atoms with E-state index in [4.69, 9.17) is 10.5 Å². The number of carbonyl (C=O) groups is 1. The first kappa shape index (κ1) is 18.8. The fraction of sp³-hybridized carbons (Fsp3) is 0.842. The molecule has 8 heteroatoms. The molecule has 1 aromatic rings. The van der Waals surface area contributed by atoms with Crippen molar-refractivity contribution in [3.63, 3.8) is 0 Å². The Bertz CT molecular complexity index is 649. The highest BCUT2D eigenvalue weighted by Crippen LogP contribution is 2.35. The van der Waals surface area contributed by atoms with Crippen LogP contribution in [0.5, 0.6) is 0 Å². The minimum Gasteiger partial charge on any atom is -0.383 e. The molecule has 4 rings (SSSR count). The van der Waals surface area contributed by atoms with Crippen LogP contribution in [0.1, 0.15) is 56.1 Å². The maximum absolute atomic E-state index is 12.0. The van der Waals surface area contributed by atoms with E-state index in [1.54, 1.807) is 7.11 Å². The quantitative estimate of drug-likeness (QED) is 0.754. The van der Waals surface area contributed by atoms with Crippen LogP contribution >= 0.6 is 0 Å². The Morgan fingerprint density at radius 3 is 2.59 bits per heavy atom. The highest BCUT2D eigenvalue weighted by molar-refractivity contribution is 5.78. The molecule has 0 aromatic carbocycles. The monoisotopic (exact) mass is 376 g/mol. The molecule has 0 bridgehead atoms. The van der Waals surface area contributed by atoms with Crippen LogP contribution in [0.2, 0.25) is 0 Å². The summed E-state index contributed by atoms with van der Waals surface area (Å²) in [6, 6.07) is 0.730. The number of likely N-dealkylation sites (tertiary alicyclic amines) is 2. The molecule has 1 amide bonds. The maximum Gasteiger partial charge on any atom is 0.222 e. The number of amides is 1. The number of hydrogen-bond acceptors (Lipinski definition) is 6. The van der Waals surface area contributed by atoms with E-state index in [0.717, 1.165) is 82.9 Å². The Morgan fingerprint density at radius 1 is 1.19 bits per heavy atom. The lowest BCUT2D eigenvalue weighted by molar-refractivity contribution is -0.130. The van der Waals surface area contributed by atoms with E-state index in [1.807, 2.05) is 0 Å². The van der Waals surface area contributed by atoms with Crippen LogP contribution in [0.4, 0.5) is 0 Å². The number of aromatic nitrogens is 3. The van der Waals surface area contributed by atoms with E-state index >= 15 is 0 Å². The zero-order valence-corrected chi connectivity index (χ0v) is 16.3. The van der Waals surface area contributed by atoms with Crippen LogP contribution in [-0.2, 0) is 22.6 Å². The smallest absolute Gasteiger partial charge is 0.222 e. The summed E-state index contributed by atoms with van der Waals surface area (Å²) in [5.41, 5.74) is 5.97. The highest BCUT2D eigenvalue weighted by atomic mass is 16.5. The minimum atomic E-state index is 0.304. The van der Waals surface area contributed by atoms with E-state index in [1.165, 1.54) is 0 Å². The predicted octanol–water partition coefficient (Wildman–Crippen LogP) is 0.716. The average Bonchev–Trinajstić information content (AvgIpc) is 3.24. The van der Waals surface area contributed by atoms with Gasteiger partial charge in [-0.15, -0.1) is 10.2 Å². The van der Waals surface area contributed by atoms with Crippen molar-refractivity contribution in [3.8, 4) is 0 Å². The second-order valence-corrected chi connectivity index (χ2v) is 8.25. The third-order valence-electron chi connectivity index (χ3n) is 6.39. The summed E-state index contributed by atoms with van der Waals surface area (Å²) in [4.78, 5) is 16.5. The Kier molecular flexibility index (Phi) is 5.75. The van der Waals surface area contributed by atoms with Gasteiger partial charge in [-0.1, -0.05) is 0 Å². The van der Waals surface area contributed by atoms with Crippen molar-refractivity contribution in [2.45, 2.75) is 69.6 Å². The summed E-state index contributed by atoms with van der Waals surface area (Å²) in [7, 11) is 1.73. The first-order chi connectivity index (χ1) is 13.2. The maximum atomic E-state index is 12.0. The van der Waals surface area contributed by atoms with Crippen LogP contribution in [0.15, 0.2) is 0 Å². The highest BCUT2D eigenvalue weighted by Gasteiger charge is 2.33. The molecule has 1 aliphatic carbocycles. The van der Waals surface area contributed by atoms with Crippen molar-refractivity contribution in [2.75, 3.05) is 33.4 Å². The van der Waals surface area contributed by atoms with Crippen LogP contribution < -0.4 is 5.73 Å². The molecule has 1 aromatic heterocycles. The predicted molar refractivity (Wildman–Crippen MR) is 101 cm³/mol. The van der Waals surface area contributed by atoms with Gasteiger partial charge in [0.05, 0.1) is 13.2 Å². The number of methoxy groups -OCH3 is 1. The van der Waals surface area contributed by atoms with Gasteiger partial charge in [-0.25, -0.2) is 0 Å². The van der Waals surface area contributed by atoms with Crippen LogP contribution in [0, 0.1) is 0 Å². The standard InChI is InChI=1S/C19H32N6O2/c1-27-10-9-25-17(21-22-19(25)14-11-15(20)12-14)13-23-7-4-16(5-8-23)24-6-2-3-18(24)26/h14-16H,2-13,20H2,1H3. The Balaban J connectivity index is 1.37. The fourth-order valence-electron chi connectivity index (χ4n) is 4.71. The number of piperidine rings is 1. The van der Waals surface area contributed by atoms with Gasteiger partial charge in [0.1, 0.15) is 11.6 Å². The van der Waals surface area contributed by atoms with Crippen molar-refractivity contribution in [1.82, 2.24) is 24.6 Å². The van der Waals surface area contributed by atoms with E-state index in [0.29, 0.717) is 30.5 Å². The summed E-state index contributed by atoms with van der Waals surface area (Å²) in [5.74, 6) is 2.88. The van der Waals surface area contributed by atoms with Crippen LogP contribution in [-0.4, -0.2) is 75.9 Å². The molecule has 0 unspecified atom stereocenters. The van der Waals surface area contributed by atoms with Gasteiger partial charge < -0.3 is 19.9 Å². The molecule has 2 N–H and O–H groups in total. The molecule has 0 radical (unpaired) electrons. The molecule has 27 heavy (non-hydrogen) atoms. The Labute approximate surface area is 161 Å². The van der Waals surface area contributed by atoms with Gasteiger partial charge in [-0.3, -0.25) is 9.69 Å². The molecule has 2 saturated heterocycles. The summed E-state index contributed by atoms with van der Waals surface area (Å²) in [6.07, 6.45) is 5.87. The summed E-state index contributed by atoms with van der Waals surface area (Å²) >= 11 is 0. The second kappa shape index (κ2) is 8.24. The molecule has 2 aliphatic heterocycles. The molecule has 3 fully saturated rings. The van der Waals surface area contributed by atoms with Gasteiger partial charge in [0.25, 0.3) is 0 Å². The van der Waals surface area contributed by atoms with Gasteiger partial charge in [0.15, 0.2) is 0 Å². The van der Waals surface area contributed by atoms with Crippen molar-refractivity contribution in [3.05, 3.63) is 11.6 Å². The van der Waals surface area contributed by atoms with E-state index in [2.05, 4.69) is 24.6 Å². The van der Waals surface area contributed by atoms with Crippen molar-refractivity contribution in [2.24, 2.45) is 5.73 Å². The SMILES string of the molecule is COCCn1c(CN2CCC(N3CCCC3=O)CC2)nnc1C1CC(N)C1. The number of rotatable bonds is 7. The van der Waals surface area contributed by atoms with E-state index < -0.39 is 0 Å². The fourth-order valence-corrected chi connectivity index (χ4v) is 4.71. The van der Waals surface area contributed by atoms with Gasteiger partial charge in [0, 0.05) is 57.7 Å². The van der Waals surface area contributed by atoms with Crippen molar-refractivity contribution in [1.29, 1.82) is 0 Å². The van der Waals surface area contributed by atoms with Crippen LogP contribution in [0.25, 0.3) is 0 Å². The van der Waals surface area contributed by atoms with Gasteiger partial charge in [-0.05, 0) is 32.1 Å².